The molecule has 0 spiro atoms. The maximum Gasteiger partial charge on any atom is 0.274 e. The van der Waals surface area contributed by atoms with Gasteiger partial charge in [-0.15, -0.1) is 0 Å². The lowest BCUT2D eigenvalue weighted by Gasteiger charge is -2.31. The molecule has 1 fully saturated rings. The van der Waals surface area contributed by atoms with E-state index in [1.54, 1.807) is 12.2 Å². The van der Waals surface area contributed by atoms with Crippen LogP contribution >= 0.6 is 0 Å². The molecule has 0 saturated carbocycles. The molecule has 6 heteroatoms. The summed E-state index contributed by atoms with van der Waals surface area (Å²) >= 11 is 0. The van der Waals surface area contributed by atoms with Crippen LogP contribution in [-0.4, -0.2) is 35.8 Å². The maximum atomic E-state index is 12.0. The van der Waals surface area contributed by atoms with Gasteiger partial charge in [-0.05, 0) is 19.4 Å². The van der Waals surface area contributed by atoms with Gasteiger partial charge in [-0.2, -0.15) is 0 Å². The van der Waals surface area contributed by atoms with E-state index in [1.807, 2.05) is 13.0 Å². The van der Waals surface area contributed by atoms with Gasteiger partial charge in [-0.3, -0.25) is 19.7 Å². The van der Waals surface area contributed by atoms with Crippen molar-refractivity contribution in [3.05, 3.63) is 36.0 Å². The van der Waals surface area contributed by atoms with Crippen LogP contribution in [0.5, 0.6) is 0 Å². The van der Waals surface area contributed by atoms with Gasteiger partial charge in [0.05, 0.1) is 0 Å². The smallest absolute Gasteiger partial charge is 0.274 e. The third-order valence-corrected chi connectivity index (χ3v) is 3.13. The van der Waals surface area contributed by atoms with Gasteiger partial charge in [0.25, 0.3) is 7.28 Å². The van der Waals surface area contributed by atoms with Crippen molar-refractivity contribution in [1.82, 2.24) is 10.2 Å². The van der Waals surface area contributed by atoms with E-state index in [2.05, 4.69) is 11.9 Å². The summed E-state index contributed by atoms with van der Waals surface area (Å²) in [6.45, 7) is 5.54. The van der Waals surface area contributed by atoms with E-state index >= 15 is 0 Å². The fourth-order valence-corrected chi connectivity index (χ4v) is 2.31. The molecule has 19 heavy (non-hydrogen) atoms. The largest absolute Gasteiger partial charge is 0.309 e. The summed E-state index contributed by atoms with van der Waals surface area (Å²) in [7, 11) is 1.47. The van der Waals surface area contributed by atoms with Crippen molar-refractivity contribution in [2.24, 2.45) is 0 Å². The van der Waals surface area contributed by atoms with Crippen LogP contribution in [0.1, 0.15) is 19.8 Å². The quantitative estimate of drug-likeness (QED) is 0.603. The molecular weight excluding hydrogens is 243 g/mol. The molecule has 0 aromatic rings. The molecule has 2 aliphatic heterocycles. The molecule has 1 atom stereocenters. The Hall–Kier alpha value is -2.11. The molecule has 1 N–H and O–H groups in total. The molecule has 97 valence electrons. The fraction of sp³-hybridized carbons (Fsp3) is 0.308. The first-order chi connectivity index (χ1) is 9.08. The number of piperidine rings is 1. The SMILES string of the molecule is C=CC1=C(/C=C\C)[B]C(=O)N1C1CCC(=O)NC1=O. The van der Waals surface area contributed by atoms with Crippen molar-refractivity contribution in [1.29, 1.82) is 0 Å². The Balaban J connectivity index is 2.32. The Morgan fingerprint density at radius 2 is 2.16 bits per heavy atom. The predicted octanol–water partition coefficient (Wildman–Crippen LogP) is 0.905. The maximum absolute atomic E-state index is 12.0. The van der Waals surface area contributed by atoms with Crippen molar-refractivity contribution in [2.75, 3.05) is 0 Å². The highest BCUT2D eigenvalue weighted by Gasteiger charge is 2.39. The lowest BCUT2D eigenvalue weighted by atomic mass is 9.70. The normalized spacial score (nSPS) is 23.9. The van der Waals surface area contributed by atoms with E-state index in [9.17, 15) is 14.4 Å². The molecule has 1 unspecified atom stereocenters. The van der Waals surface area contributed by atoms with Gasteiger partial charge in [0, 0.05) is 12.1 Å². The number of imide groups is 1. The Kier molecular flexibility index (Phi) is 3.69. The summed E-state index contributed by atoms with van der Waals surface area (Å²) < 4.78 is 0. The van der Waals surface area contributed by atoms with Crippen LogP contribution in [0.4, 0.5) is 4.79 Å². The third kappa shape index (κ3) is 2.38. The van der Waals surface area contributed by atoms with Crippen LogP contribution < -0.4 is 5.32 Å². The lowest BCUT2D eigenvalue weighted by Crippen LogP contribution is -2.52. The van der Waals surface area contributed by atoms with Gasteiger partial charge in [-0.25, -0.2) is 0 Å². The van der Waals surface area contributed by atoms with Crippen LogP contribution in [0.25, 0.3) is 0 Å². The predicted molar refractivity (Wildman–Crippen MR) is 71.2 cm³/mol. The van der Waals surface area contributed by atoms with Gasteiger partial charge in [0.1, 0.15) is 6.04 Å². The summed E-state index contributed by atoms with van der Waals surface area (Å²) in [6.07, 6.45) is 5.74. The second kappa shape index (κ2) is 5.26. The molecule has 1 radical (unpaired) electrons. The third-order valence-electron chi connectivity index (χ3n) is 3.13. The summed E-state index contributed by atoms with van der Waals surface area (Å²) in [5, 5.41) is 2.26. The second-order valence-corrected chi connectivity index (χ2v) is 4.36. The summed E-state index contributed by atoms with van der Waals surface area (Å²) in [5.74, 6) is -0.980. The van der Waals surface area contributed by atoms with Crippen molar-refractivity contribution in [2.45, 2.75) is 25.8 Å². The molecule has 0 bridgehead atoms. The van der Waals surface area contributed by atoms with Crippen LogP contribution in [-0.2, 0) is 9.59 Å². The van der Waals surface area contributed by atoms with E-state index in [0.29, 0.717) is 12.1 Å². The minimum absolute atomic E-state index is 0.240. The molecule has 1 saturated heterocycles. The molecular formula is C13H14BN2O3. The Morgan fingerprint density at radius 3 is 2.74 bits per heavy atom. The number of hydrogen-bond acceptors (Lipinski definition) is 3. The second-order valence-electron chi connectivity index (χ2n) is 4.36. The van der Waals surface area contributed by atoms with Gasteiger partial charge in [0.15, 0.2) is 5.81 Å². The number of amides is 3. The zero-order chi connectivity index (χ0) is 14.0. The number of carbonyl (C=O) groups excluding carboxylic acids is 3. The van der Waals surface area contributed by atoms with Crippen LogP contribution in [0.3, 0.4) is 0 Å². The number of carbonyl (C=O) groups is 3. The van der Waals surface area contributed by atoms with Crippen molar-refractivity contribution in [3.8, 4) is 0 Å². The van der Waals surface area contributed by atoms with Crippen molar-refractivity contribution < 1.29 is 14.4 Å². The van der Waals surface area contributed by atoms with Crippen LogP contribution in [0, 0.1) is 0 Å². The highest BCUT2D eigenvalue weighted by atomic mass is 16.2. The highest BCUT2D eigenvalue weighted by Crippen LogP contribution is 2.27. The molecule has 3 amide bonds. The number of nitrogens with one attached hydrogen (secondary N) is 1. The minimum atomic E-state index is -0.641. The molecule has 2 rings (SSSR count). The summed E-state index contributed by atoms with van der Waals surface area (Å²) in [4.78, 5) is 36.4. The molecule has 0 aromatic heterocycles. The zero-order valence-corrected chi connectivity index (χ0v) is 10.7. The van der Waals surface area contributed by atoms with E-state index < -0.39 is 11.9 Å². The standard InChI is InChI=1S/C13H14BN2O3/c1-3-5-8-9(4-2)16(13(19)14-8)10-6-7-11(17)15-12(10)18/h3-5,10H,2,6-7H2,1H3,(H,15,17,18)/b5-3-. The van der Waals surface area contributed by atoms with E-state index in [4.69, 9.17) is 0 Å². The average Bonchev–Trinajstić information content (AvgIpc) is 2.66. The molecule has 0 aliphatic carbocycles. The lowest BCUT2D eigenvalue weighted by molar-refractivity contribution is -0.136. The van der Waals surface area contributed by atoms with Crippen LogP contribution in [0.15, 0.2) is 36.0 Å². The molecule has 0 aromatic carbocycles. The highest BCUT2D eigenvalue weighted by molar-refractivity contribution is 6.81. The first kappa shape index (κ1) is 13.3. The Bertz CT molecular complexity index is 522. The van der Waals surface area contributed by atoms with E-state index in [0.717, 1.165) is 5.47 Å². The Labute approximate surface area is 112 Å². The monoisotopic (exact) mass is 257 g/mol. The summed E-state index contributed by atoms with van der Waals surface area (Å²) in [6, 6.07) is -0.641. The van der Waals surface area contributed by atoms with Gasteiger partial charge < -0.3 is 4.90 Å². The molecule has 2 aliphatic rings. The number of allylic oxidation sites excluding steroid dienone is 4. The minimum Gasteiger partial charge on any atom is -0.309 e. The number of hydrogen-bond donors (Lipinski definition) is 1. The number of nitrogens with zero attached hydrogens (tertiary/aromatic N) is 1. The summed E-state index contributed by atoms with van der Waals surface area (Å²) in [5.41, 5.74) is 1.34. The molecule has 2 heterocycles. The molecule has 5 nitrogen and oxygen atoms in total. The topological polar surface area (TPSA) is 66.5 Å². The van der Waals surface area contributed by atoms with Crippen molar-refractivity contribution >= 4 is 24.9 Å². The first-order valence-corrected chi connectivity index (χ1v) is 6.09. The van der Waals surface area contributed by atoms with Crippen molar-refractivity contribution in [3.63, 3.8) is 0 Å². The fourth-order valence-electron chi connectivity index (χ4n) is 2.31. The average molecular weight is 257 g/mol. The van der Waals surface area contributed by atoms with Gasteiger partial charge in [-0.1, -0.05) is 24.2 Å². The first-order valence-electron chi connectivity index (χ1n) is 6.09. The van der Waals surface area contributed by atoms with Gasteiger partial charge >= 0.3 is 0 Å². The van der Waals surface area contributed by atoms with E-state index in [-0.39, 0.29) is 18.1 Å². The van der Waals surface area contributed by atoms with Crippen LogP contribution in [0.2, 0.25) is 0 Å². The zero-order valence-electron chi connectivity index (χ0n) is 10.7. The Morgan fingerprint density at radius 1 is 1.42 bits per heavy atom. The van der Waals surface area contributed by atoms with Gasteiger partial charge in [0.2, 0.25) is 11.8 Å². The van der Waals surface area contributed by atoms with E-state index in [1.165, 1.54) is 12.2 Å². The number of rotatable bonds is 3.